The highest BCUT2D eigenvalue weighted by Gasteiger charge is 2.31. The molecular weight excluding hydrogens is 266 g/mol. The maximum Gasteiger partial charge on any atom is 0.229 e. The molecule has 0 aromatic carbocycles. The molecule has 1 unspecified atom stereocenters. The molecule has 1 atom stereocenters. The molecule has 0 spiro atoms. The first-order valence-corrected chi connectivity index (χ1v) is 8.54. The Hall–Kier alpha value is -0.940. The molecule has 1 aliphatic heterocycles. The summed E-state index contributed by atoms with van der Waals surface area (Å²) in [5.74, 6) is 2.56. The van der Waals surface area contributed by atoms with Crippen LogP contribution in [-0.4, -0.2) is 29.8 Å². The second-order valence-electron chi connectivity index (χ2n) is 6.29. The van der Waals surface area contributed by atoms with Gasteiger partial charge < -0.3 is 14.6 Å². The van der Waals surface area contributed by atoms with Crippen molar-refractivity contribution >= 4 is 0 Å². The Kier molecular flexibility index (Phi) is 5.25. The first kappa shape index (κ1) is 15.0. The minimum Gasteiger partial charge on any atom is -0.370 e. The second kappa shape index (κ2) is 7.36. The zero-order valence-electron chi connectivity index (χ0n) is 13.0. The van der Waals surface area contributed by atoms with E-state index in [-0.39, 0.29) is 6.10 Å². The molecular formula is C16H27N3O2. The number of ether oxygens (including phenoxy) is 1. The molecule has 21 heavy (non-hydrogen) atoms. The maximum absolute atomic E-state index is 5.97. The molecule has 5 nitrogen and oxygen atoms in total. The molecule has 1 saturated heterocycles. The van der Waals surface area contributed by atoms with Crippen LogP contribution in [-0.2, 0) is 4.74 Å². The van der Waals surface area contributed by atoms with E-state index in [0.29, 0.717) is 18.4 Å². The average molecular weight is 293 g/mol. The summed E-state index contributed by atoms with van der Waals surface area (Å²) in [6.45, 7) is 4.84. The molecule has 1 aliphatic carbocycles. The predicted molar refractivity (Wildman–Crippen MR) is 80.1 cm³/mol. The van der Waals surface area contributed by atoms with Crippen molar-refractivity contribution in [3.8, 4) is 0 Å². The number of hydrogen-bond acceptors (Lipinski definition) is 5. The lowest BCUT2D eigenvalue weighted by Gasteiger charge is -2.27. The van der Waals surface area contributed by atoms with Crippen molar-refractivity contribution in [1.29, 1.82) is 0 Å². The zero-order chi connectivity index (χ0) is 14.5. The number of rotatable bonds is 5. The molecule has 2 aliphatic rings. The average Bonchev–Trinajstić information content (AvgIpc) is 3.04. The molecule has 0 amide bonds. The van der Waals surface area contributed by atoms with E-state index in [0.717, 1.165) is 37.6 Å². The Balaban J connectivity index is 1.71. The SMILES string of the molecule is CCOC(c1noc(C2CCNCC2)n1)C1CCCCC1. The number of nitrogens with zero attached hydrogens (tertiary/aromatic N) is 2. The second-order valence-corrected chi connectivity index (χ2v) is 6.29. The van der Waals surface area contributed by atoms with E-state index < -0.39 is 0 Å². The first-order valence-electron chi connectivity index (χ1n) is 8.54. The topological polar surface area (TPSA) is 60.2 Å². The molecule has 2 heterocycles. The zero-order valence-corrected chi connectivity index (χ0v) is 13.0. The summed E-state index contributed by atoms with van der Waals surface area (Å²) in [7, 11) is 0. The van der Waals surface area contributed by atoms with Gasteiger partial charge in [-0.15, -0.1) is 0 Å². The van der Waals surface area contributed by atoms with E-state index in [2.05, 4.69) is 10.5 Å². The molecule has 0 bridgehead atoms. The molecule has 1 aromatic heterocycles. The van der Waals surface area contributed by atoms with Crippen LogP contribution in [0.15, 0.2) is 4.52 Å². The fourth-order valence-electron chi connectivity index (χ4n) is 3.64. The van der Waals surface area contributed by atoms with Gasteiger partial charge in [-0.05, 0) is 51.6 Å². The third-order valence-electron chi connectivity index (χ3n) is 4.82. The van der Waals surface area contributed by atoms with Gasteiger partial charge in [-0.25, -0.2) is 0 Å². The lowest BCUT2D eigenvalue weighted by Crippen LogP contribution is -2.26. The molecule has 3 rings (SSSR count). The van der Waals surface area contributed by atoms with Crippen molar-refractivity contribution in [3.63, 3.8) is 0 Å². The van der Waals surface area contributed by atoms with Crippen molar-refractivity contribution < 1.29 is 9.26 Å². The Labute approximate surface area is 126 Å². The first-order chi connectivity index (χ1) is 10.4. The van der Waals surface area contributed by atoms with Gasteiger partial charge in [-0.2, -0.15) is 4.98 Å². The number of nitrogens with one attached hydrogen (secondary N) is 1. The summed E-state index contributed by atoms with van der Waals surface area (Å²) in [6, 6.07) is 0. The Morgan fingerprint density at radius 2 is 1.95 bits per heavy atom. The van der Waals surface area contributed by atoms with Crippen LogP contribution in [0.3, 0.4) is 0 Å². The lowest BCUT2D eigenvalue weighted by atomic mass is 9.85. The smallest absolute Gasteiger partial charge is 0.229 e. The standard InChI is InChI=1S/C16H27N3O2/c1-2-20-14(12-6-4-3-5-7-12)15-18-16(21-19-15)13-8-10-17-11-9-13/h12-14,17H,2-11H2,1H3. The van der Waals surface area contributed by atoms with Gasteiger partial charge in [0.05, 0.1) is 0 Å². The summed E-state index contributed by atoms with van der Waals surface area (Å²) >= 11 is 0. The van der Waals surface area contributed by atoms with Crippen LogP contribution >= 0.6 is 0 Å². The molecule has 0 radical (unpaired) electrons. The van der Waals surface area contributed by atoms with Gasteiger partial charge in [0, 0.05) is 12.5 Å². The molecule has 118 valence electrons. The third kappa shape index (κ3) is 3.64. The monoisotopic (exact) mass is 293 g/mol. The van der Waals surface area contributed by atoms with Gasteiger partial charge in [-0.3, -0.25) is 0 Å². The molecule has 1 saturated carbocycles. The van der Waals surface area contributed by atoms with Gasteiger partial charge in [0.1, 0.15) is 6.10 Å². The fraction of sp³-hybridized carbons (Fsp3) is 0.875. The highest BCUT2D eigenvalue weighted by Crippen LogP contribution is 2.36. The molecule has 1 N–H and O–H groups in total. The number of piperidine rings is 1. The normalized spacial score (nSPS) is 23.3. The minimum atomic E-state index is 0.0227. The highest BCUT2D eigenvalue weighted by atomic mass is 16.5. The largest absolute Gasteiger partial charge is 0.370 e. The predicted octanol–water partition coefficient (Wildman–Crippen LogP) is 3.19. The van der Waals surface area contributed by atoms with Crippen LogP contribution < -0.4 is 5.32 Å². The Morgan fingerprint density at radius 3 is 2.67 bits per heavy atom. The minimum absolute atomic E-state index is 0.0227. The van der Waals surface area contributed by atoms with Crippen molar-refractivity contribution in [2.24, 2.45) is 5.92 Å². The summed E-state index contributed by atoms with van der Waals surface area (Å²) in [6.07, 6.45) is 8.59. The summed E-state index contributed by atoms with van der Waals surface area (Å²) in [5.41, 5.74) is 0. The van der Waals surface area contributed by atoms with Gasteiger partial charge >= 0.3 is 0 Å². The van der Waals surface area contributed by atoms with Gasteiger partial charge in [0.15, 0.2) is 0 Å². The quantitative estimate of drug-likeness (QED) is 0.903. The van der Waals surface area contributed by atoms with Crippen LogP contribution in [0.25, 0.3) is 0 Å². The molecule has 1 aromatic rings. The van der Waals surface area contributed by atoms with Crippen molar-refractivity contribution in [2.45, 2.75) is 63.9 Å². The maximum atomic E-state index is 5.97. The van der Waals surface area contributed by atoms with E-state index in [4.69, 9.17) is 14.2 Å². The van der Waals surface area contributed by atoms with Crippen molar-refractivity contribution in [2.75, 3.05) is 19.7 Å². The van der Waals surface area contributed by atoms with E-state index in [1.165, 1.54) is 32.1 Å². The summed E-state index contributed by atoms with van der Waals surface area (Å²) in [4.78, 5) is 4.70. The molecule has 5 heteroatoms. The number of aromatic nitrogens is 2. The molecule has 2 fully saturated rings. The number of hydrogen-bond donors (Lipinski definition) is 1. The Bertz CT molecular complexity index is 423. The summed E-state index contributed by atoms with van der Waals surface area (Å²) in [5, 5.41) is 7.63. The van der Waals surface area contributed by atoms with Crippen LogP contribution in [0.2, 0.25) is 0 Å². The fourth-order valence-corrected chi connectivity index (χ4v) is 3.64. The highest BCUT2D eigenvalue weighted by molar-refractivity contribution is 5.00. The van der Waals surface area contributed by atoms with E-state index in [9.17, 15) is 0 Å². The van der Waals surface area contributed by atoms with Gasteiger partial charge in [-0.1, -0.05) is 24.4 Å². The van der Waals surface area contributed by atoms with E-state index in [1.54, 1.807) is 0 Å². The van der Waals surface area contributed by atoms with Crippen molar-refractivity contribution in [1.82, 2.24) is 15.5 Å². The third-order valence-corrected chi connectivity index (χ3v) is 4.82. The Morgan fingerprint density at radius 1 is 1.19 bits per heavy atom. The van der Waals surface area contributed by atoms with Crippen LogP contribution in [0, 0.1) is 5.92 Å². The summed E-state index contributed by atoms with van der Waals surface area (Å²) < 4.78 is 11.5. The van der Waals surface area contributed by atoms with E-state index >= 15 is 0 Å². The van der Waals surface area contributed by atoms with Crippen LogP contribution in [0.1, 0.15) is 75.6 Å². The van der Waals surface area contributed by atoms with E-state index in [1.807, 2.05) is 6.92 Å². The van der Waals surface area contributed by atoms with Crippen LogP contribution in [0.4, 0.5) is 0 Å². The van der Waals surface area contributed by atoms with Gasteiger partial charge in [0.25, 0.3) is 0 Å². The van der Waals surface area contributed by atoms with Crippen LogP contribution in [0.5, 0.6) is 0 Å². The van der Waals surface area contributed by atoms with Crippen molar-refractivity contribution in [3.05, 3.63) is 11.7 Å². The lowest BCUT2D eigenvalue weighted by molar-refractivity contribution is -0.00145. The van der Waals surface area contributed by atoms with Gasteiger partial charge in [0.2, 0.25) is 11.7 Å².